The molecule has 0 atom stereocenters. The topological polar surface area (TPSA) is 77.4 Å². The Kier molecular flexibility index (Phi) is 6.48. The van der Waals surface area contributed by atoms with Crippen LogP contribution in [0.5, 0.6) is 0 Å². The maximum atomic E-state index is 12.3. The van der Waals surface area contributed by atoms with Gasteiger partial charge in [-0.3, -0.25) is 9.69 Å². The average Bonchev–Trinajstić information content (AvgIpc) is 2.72. The van der Waals surface area contributed by atoms with E-state index in [4.69, 9.17) is 10.00 Å². The number of rotatable bonds is 6. The minimum Gasteiger partial charge on any atom is -0.379 e. The van der Waals surface area contributed by atoms with Gasteiger partial charge < -0.3 is 15.4 Å². The fraction of sp³-hybridized carbons (Fsp3) is 0.600. The zero-order chi connectivity index (χ0) is 18.2. The van der Waals surface area contributed by atoms with Gasteiger partial charge in [-0.1, -0.05) is 19.3 Å². The van der Waals surface area contributed by atoms with Gasteiger partial charge in [-0.15, -0.1) is 0 Å². The Bertz CT molecular complexity index is 626. The lowest BCUT2D eigenvalue weighted by Gasteiger charge is -2.48. The second-order valence-corrected chi connectivity index (χ2v) is 7.20. The van der Waals surface area contributed by atoms with Crippen molar-refractivity contribution in [2.75, 3.05) is 44.7 Å². The van der Waals surface area contributed by atoms with Crippen molar-refractivity contribution in [3.8, 4) is 6.07 Å². The molecule has 1 aliphatic heterocycles. The molecule has 140 valence electrons. The number of nitrogens with zero attached hydrogens (tertiary/aromatic N) is 2. The molecule has 0 unspecified atom stereocenters. The van der Waals surface area contributed by atoms with Crippen LogP contribution in [-0.2, 0) is 9.53 Å². The van der Waals surface area contributed by atoms with Crippen LogP contribution in [-0.4, -0.2) is 55.7 Å². The van der Waals surface area contributed by atoms with Gasteiger partial charge in [0, 0.05) is 30.9 Å². The summed E-state index contributed by atoms with van der Waals surface area (Å²) >= 11 is 0. The number of ether oxygens (including phenoxy) is 1. The third-order valence-electron chi connectivity index (χ3n) is 5.55. The number of nitriles is 1. The first-order valence-corrected chi connectivity index (χ1v) is 9.55. The van der Waals surface area contributed by atoms with Gasteiger partial charge in [0.15, 0.2) is 0 Å². The van der Waals surface area contributed by atoms with Crippen molar-refractivity contribution in [2.45, 2.75) is 37.6 Å². The monoisotopic (exact) mass is 356 g/mol. The Hall–Kier alpha value is -2.10. The van der Waals surface area contributed by atoms with E-state index in [0.717, 1.165) is 44.8 Å². The Labute approximate surface area is 155 Å². The molecule has 6 heteroatoms. The van der Waals surface area contributed by atoms with Gasteiger partial charge in [0.2, 0.25) is 5.91 Å². The SMILES string of the molecule is N#Cc1ccc(NCC(=O)NCC2(N3CCOCC3)CCCCC2)cc1. The number of nitrogens with one attached hydrogen (secondary N) is 2. The first-order valence-electron chi connectivity index (χ1n) is 9.55. The fourth-order valence-corrected chi connectivity index (χ4v) is 4.02. The van der Waals surface area contributed by atoms with Gasteiger partial charge in [-0.05, 0) is 37.1 Å². The minimum absolute atomic E-state index is 0.00701. The molecule has 2 N–H and O–H groups in total. The zero-order valence-electron chi connectivity index (χ0n) is 15.3. The quantitative estimate of drug-likeness (QED) is 0.816. The van der Waals surface area contributed by atoms with Crippen molar-refractivity contribution in [3.05, 3.63) is 29.8 Å². The van der Waals surface area contributed by atoms with E-state index in [1.165, 1.54) is 19.3 Å². The minimum atomic E-state index is 0.00701. The number of anilines is 1. The molecule has 26 heavy (non-hydrogen) atoms. The van der Waals surface area contributed by atoms with E-state index in [2.05, 4.69) is 21.6 Å². The Morgan fingerprint density at radius 1 is 1.15 bits per heavy atom. The lowest BCUT2D eigenvalue weighted by Crippen LogP contribution is -2.60. The first-order chi connectivity index (χ1) is 12.7. The molecule has 1 aromatic rings. The predicted octanol–water partition coefficient (Wildman–Crippen LogP) is 2.12. The van der Waals surface area contributed by atoms with Gasteiger partial charge in [0.1, 0.15) is 0 Å². The molecule has 0 radical (unpaired) electrons. The fourth-order valence-electron chi connectivity index (χ4n) is 4.02. The van der Waals surface area contributed by atoms with E-state index in [0.29, 0.717) is 12.1 Å². The normalized spacial score (nSPS) is 20.1. The van der Waals surface area contributed by atoms with Gasteiger partial charge in [-0.2, -0.15) is 5.26 Å². The maximum absolute atomic E-state index is 12.3. The zero-order valence-corrected chi connectivity index (χ0v) is 15.3. The summed E-state index contributed by atoms with van der Waals surface area (Å²) in [6.07, 6.45) is 6.06. The standard InChI is InChI=1S/C20H28N4O2/c21-14-17-4-6-18(7-5-17)22-15-19(25)23-16-20(8-2-1-3-9-20)24-10-12-26-13-11-24/h4-7,22H,1-3,8-13,15-16H2,(H,23,25). The highest BCUT2D eigenvalue weighted by Gasteiger charge is 2.38. The highest BCUT2D eigenvalue weighted by Crippen LogP contribution is 2.33. The van der Waals surface area contributed by atoms with E-state index in [1.54, 1.807) is 12.1 Å². The van der Waals surface area contributed by atoms with Crippen LogP contribution in [0, 0.1) is 11.3 Å². The summed E-state index contributed by atoms with van der Waals surface area (Å²) in [5.74, 6) is 0.00701. The number of hydrogen-bond acceptors (Lipinski definition) is 5. The van der Waals surface area contributed by atoms with Crippen molar-refractivity contribution >= 4 is 11.6 Å². The molecule has 1 aromatic carbocycles. The van der Waals surface area contributed by atoms with Crippen LogP contribution in [0.1, 0.15) is 37.7 Å². The van der Waals surface area contributed by atoms with Crippen LogP contribution in [0.25, 0.3) is 0 Å². The van der Waals surface area contributed by atoms with E-state index in [1.807, 2.05) is 12.1 Å². The molecular weight excluding hydrogens is 328 g/mol. The number of morpholine rings is 1. The second-order valence-electron chi connectivity index (χ2n) is 7.20. The van der Waals surface area contributed by atoms with Crippen molar-refractivity contribution in [1.29, 1.82) is 5.26 Å². The number of amides is 1. The molecule has 2 aliphatic rings. The number of carbonyl (C=O) groups excluding carboxylic acids is 1. The van der Waals surface area contributed by atoms with E-state index >= 15 is 0 Å². The van der Waals surface area contributed by atoms with Crippen molar-refractivity contribution < 1.29 is 9.53 Å². The van der Waals surface area contributed by atoms with E-state index in [9.17, 15) is 4.79 Å². The summed E-state index contributed by atoms with van der Waals surface area (Å²) in [7, 11) is 0. The van der Waals surface area contributed by atoms with Crippen LogP contribution in [0.3, 0.4) is 0 Å². The van der Waals surface area contributed by atoms with E-state index in [-0.39, 0.29) is 18.0 Å². The Balaban J connectivity index is 1.51. The summed E-state index contributed by atoms with van der Waals surface area (Å²) in [4.78, 5) is 14.9. The summed E-state index contributed by atoms with van der Waals surface area (Å²) in [6, 6.07) is 9.23. The maximum Gasteiger partial charge on any atom is 0.239 e. The van der Waals surface area contributed by atoms with Crippen molar-refractivity contribution in [2.24, 2.45) is 0 Å². The molecule has 3 rings (SSSR count). The van der Waals surface area contributed by atoms with Gasteiger partial charge >= 0.3 is 0 Å². The third-order valence-corrected chi connectivity index (χ3v) is 5.55. The molecule has 1 heterocycles. The molecule has 1 amide bonds. The van der Waals surface area contributed by atoms with Crippen LogP contribution in [0.2, 0.25) is 0 Å². The third kappa shape index (κ3) is 4.75. The second kappa shape index (κ2) is 9.02. The van der Waals surface area contributed by atoms with Gasteiger partial charge in [0.25, 0.3) is 0 Å². The Morgan fingerprint density at radius 3 is 2.50 bits per heavy atom. The molecule has 1 aliphatic carbocycles. The molecule has 0 spiro atoms. The van der Waals surface area contributed by atoms with Gasteiger partial charge in [0.05, 0.1) is 31.4 Å². The van der Waals surface area contributed by atoms with Crippen LogP contribution >= 0.6 is 0 Å². The number of carbonyl (C=O) groups is 1. The summed E-state index contributed by atoms with van der Waals surface area (Å²) in [5, 5.41) is 15.1. The van der Waals surface area contributed by atoms with E-state index < -0.39 is 0 Å². The molecule has 6 nitrogen and oxygen atoms in total. The summed E-state index contributed by atoms with van der Waals surface area (Å²) in [5.41, 5.74) is 1.55. The van der Waals surface area contributed by atoms with Crippen LogP contribution < -0.4 is 10.6 Å². The molecule has 1 saturated carbocycles. The molecular formula is C20H28N4O2. The summed E-state index contributed by atoms with van der Waals surface area (Å²) in [6.45, 7) is 4.44. The smallest absolute Gasteiger partial charge is 0.239 e. The molecule has 2 fully saturated rings. The number of benzene rings is 1. The predicted molar refractivity (Wildman–Crippen MR) is 101 cm³/mol. The van der Waals surface area contributed by atoms with Crippen molar-refractivity contribution in [3.63, 3.8) is 0 Å². The number of hydrogen-bond donors (Lipinski definition) is 2. The highest BCUT2D eigenvalue weighted by atomic mass is 16.5. The van der Waals surface area contributed by atoms with Crippen LogP contribution in [0.4, 0.5) is 5.69 Å². The molecule has 0 aromatic heterocycles. The van der Waals surface area contributed by atoms with Crippen LogP contribution in [0.15, 0.2) is 24.3 Å². The average molecular weight is 356 g/mol. The van der Waals surface area contributed by atoms with Gasteiger partial charge in [-0.25, -0.2) is 0 Å². The van der Waals surface area contributed by atoms with Crippen molar-refractivity contribution in [1.82, 2.24) is 10.2 Å². The first kappa shape index (κ1) is 18.7. The molecule has 1 saturated heterocycles. The highest BCUT2D eigenvalue weighted by molar-refractivity contribution is 5.80. The lowest BCUT2D eigenvalue weighted by molar-refractivity contribution is -0.120. The largest absolute Gasteiger partial charge is 0.379 e. The summed E-state index contributed by atoms with van der Waals surface area (Å²) < 4.78 is 5.51. The Morgan fingerprint density at radius 2 is 1.85 bits per heavy atom. The lowest BCUT2D eigenvalue weighted by atomic mass is 9.79. The molecule has 0 bridgehead atoms.